The van der Waals surface area contributed by atoms with Gasteiger partial charge in [-0.05, 0) is 75.6 Å². The van der Waals surface area contributed by atoms with Gasteiger partial charge in [0.1, 0.15) is 5.82 Å². The van der Waals surface area contributed by atoms with Gasteiger partial charge in [-0.2, -0.15) is 0 Å². The van der Waals surface area contributed by atoms with E-state index < -0.39 is 0 Å². The molecule has 3 rings (SSSR count). The summed E-state index contributed by atoms with van der Waals surface area (Å²) in [6.45, 7) is 8.20. The third kappa shape index (κ3) is 4.05. The molecule has 0 aliphatic rings. The van der Waals surface area contributed by atoms with Crippen molar-refractivity contribution in [3.63, 3.8) is 0 Å². The summed E-state index contributed by atoms with van der Waals surface area (Å²) in [6, 6.07) is 14.9. The number of carbonyl (C=O) groups is 1. The average Bonchev–Trinajstić information content (AvgIpc) is 2.98. The maximum Gasteiger partial charge on any atom is 0.223 e. The van der Waals surface area contributed by atoms with Gasteiger partial charge in [-0.15, -0.1) is 0 Å². The van der Waals surface area contributed by atoms with Gasteiger partial charge >= 0.3 is 0 Å². The van der Waals surface area contributed by atoms with Crippen LogP contribution in [0.25, 0.3) is 22.2 Å². The van der Waals surface area contributed by atoms with Gasteiger partial charge in [0.2, 0.25) is 5.91 Å². The number of fused-ring (bicyclic) bond motifs is 1. The van der Waals surface area contributed by atoms with Crippen LogP contribution < -0.4 is 0 Å². The molecule has 1 aromatic heterocycles. The molecular weight excluding hydrogens is 339 g/mol. The molecule has 0 spiro atoms. The summed E-state index contributed by atoms with van der Waals surface area (Å²) in [7, 11) is 0. The number of halogens is 1. The van der Waals surface area contributed by atoms with E-state index in [2.05, 4.69) is 11.1 Å². The first-order valence-electron chi connectivity index (χ1n) is 9.55. The Balaban J connectivity index is 1.94. The minimum Gasteiger partial charge on any atom is -0.354 e. The molecule has 1 N–H and O–H groups in total. The molecule has 1 amide bonds. The summed E-state index contributed by atoms with van der Waals surface area (Å²) < 4.78 is 13.3. The number of hydrogen-bond donors (Lipinski definition) is 1. The zero-order chi connectivity index (χ0) is 19.6. The van der Waals surface area contributed by atoms with E-state index in [4.69, 9.17) is 0 Å². The molecule has 0 bridgehead atoms. The number of aromatic nitrogens is 1. The summed E-state index contributed by atoms with van der Waals surface area (Å²) in [6.07, 6.45) is 1.10. The molecular formula is C23H27FN2O. The average molecular weight is 366 g/mol. The number of H-pyrrole nitrogens is 1. The number of hydrogen-bond acceptors (Lipinski definition) is 1. The second kappa shape index (κ2) is 7.95. The smallest absolute Gasteiger partial charge is 0.223 e. The highest BCUT2D eigenvalue weighted by Gasteiger charge is 2.21. The lowest BCUT2D eigenvalue weighted by Gasteiger charge is -2.31. The number of aryl methyl sites for hydroxylation is 1. The van der Waals surface area contributed by atoms with Crippen LogP contribution in [0.15, 0.2) is 48.5 Å². The Kier molecular flexibility index (Phi) is 5.64. The first-order chi connectivity index (χ1) is 12.9. The fourth-order valence-corrected chi connectivity index (χ4v) is 3.86. The van der Waals surface area contributed by atoms with Crippen molar-refractivity contribution < 1.29 is 9.18 Å². The zero-order valence-corrected chi connectivity index (χ0v) is 16.4. The fraction of sp³-hybridized carbons (Fsp3) is 0.348. The number of nitrogens with zero attached hydrogens (tertiary/aromatic N) is 1. The number of para-hydroxylation sites is 1. The number of rotatable bonds is 6. The zero-order valence-electron chi connectivity index (χ0n) is 16.4. The topological polar surface area (TPSA) is 36.1 Å². The van der Waals surface area contributed by atoms with Crippen LogP contribution in [0.1, 0.15) is 39.7 Å². The Morgan fingerprint density at radius 1 is 1.00 bits per heavy atom. The van der Waals surface area contributed by atoms with Crippen molar-refractivity contribution >= 4 is 16.8 Å². The Labute approximate surface area is 160 Å². The van der Waals surface area contributed by atoms with Gasteiger partial charge in [0.25, 0.3) is 0 Å². The van der Waals surface area contributed by atoms with E-state index in [-0.39, 0.29) is 23.8 Å². The molecule has 142 valence electrons. The molecule has 0 aliphatic heterocycles. The molecule has 2 aromatic carbocycles. The van der Waals surface area contributed by atoms with Gasteiger partial charge in [-0.3, -0.25) is 4.79 Å². The standard InChI is InChI=1S/C23H27FN2O/c1-15(2)26(16(3)4)22(27)14-13-20-19-7-5-6-8-21(19)25-23(20)17-9-11-18(24)12-10-17/h5-12,15-16,25H,13-14H2,1-4H3. The molecule has 1 heterocycles. The second-order valence-corrected chi connectivity index (χ2v) is 7.52. The first kappa shape index (κ1) is 19.2. The fourth-order valence-electron chi connectivity index (χ4n) is 3.86. The summed E-state index contributed by atoms with van der Waals surface area (Å²) >= 11 is 0. The van der Waals surface area contributed by atoms with Crippen molar-refractivity contribution in [3.05, 3.63) is 59.9 Å². The number of aromatic amines is 1. The lowest BCUT2D eigenvalue weighted by molar-refractivity contribution is -0.134. The molecule has 0 saturated carbocycles. The van der Waals surface area contributed by atoms with Crippen molar-refractivity contribution in [3.8, 4) is 11.3 Å². The van der Waals surface area contributed by atoms with E-state index in [0.717, 1.165) is 27.7 Å². The van der Waals surface area contributed by atoms with Crippen LogP contribution in [0, 0.1) is 5.82 Å². The molecule has 0 radical (unpaired) electrons. The molecule has 0 saturated heterocycles. The maximum absolute atomic E-state index is 13.3. The second-order valence-electron chi connectivity index (χ2n) is 7.52. The Morgan fingerprint density at radius 2 is 1.63 bits per heavy atom. The molecule has 0 unspecified atom stereocenters. The minimum atomic E-state index is -0.254. The van der Waals surface area contributed by atoms with E-state index in [9.17, 15) is 9.18 Å². The monoisotopic (exact) mass is 366 g/mol. The summed E-state index contributed by atoms with van der Waals surface area (Å²) in [5, 5.41) is 1.12. The van der Waals surface area contributed by atoms with Crippen molar-refractivity contribution in [2.45, 2.75) is 52.6 Å². The van der Waals surface area contributed by atoms with Gasteiger partial charge in [-0.1, -0.05) is 18.2 Å². The van der Waals surface area contributed by atoms with Crippen molar-refractivity contribution in [1.82, 2.24) is 9.88 Å². The van der Waals surface area contributed by atoms with E-state index in [1.807, 2.05) is 50.8 Å². The number of nitrogens with one attached hydrogen (secondary N) is 1. The molecule has 0 aliphatic carbocycles. The third-order valence-corrected chi connectivity index (χ3v) is 4.94. The van der Waals surface area contributed by atoms with E-state index >= 15 is 0 Å². The highest BCUT2D eigenvalue weighted by molar-refractivity contribution is 5.91. The number of carbonyl (C=O) groups excluding carboxylic acids is 1. The highest BCUT2D eigenvalue weighted by Crippen LogP contribution is 2.31. The molecule has 4 heteroatoms. The molecule has 0 atom stereocenters. The van der Waals surface area contributed by atoms with Crippen molar-refractivity contribution in [1.29, 1.82) is 0 Å². The molecule has 27 heavy (non-hydrogen) atoms. The first-order valence-corrected chi connectivity index (χ1v) is 9.55. The van der Waals surface area contributed by atoms with Crippen LogP contribution in [0.2, 0.25) is 0 Å². The van der Waals surface area contributed by atoms with Crippen LogP contribution in [0.3, 0.4) is 0 Å². The van der Waals surface area contributed by atoms with Gasteiger partial charge in [0, 0.05) is 35.1 Å². The normalized spacial score (nSPS) is 11.5. The van der Waals surface area contributed by atoms with Crippen LogP contribution >= 0.6 is 0 Å². The largest absolute Gasteiger partial charge is 0.354 e. The predicted molar refractivity (Wildman–Crippen MR) is 109 cm³/mol. The minimum absolute atomic E-state index is 0.162. The lowest BCUT2D eigenvalue weighted by Crippen LogP contribution is -2.42. The van der Waals surface area contributed by atoms with E-state index in [1.165, 1.54) is 12.1 Å². The summed E-state index contributed by atoms with van der Waals surface area (Å²) in [5.41, 5.74) is 4.03. The summed E-state index contributed by atoms with van der Waals surface area (Å²) in [5.74, 6) is -0.0913. The van der Waals surface area contributed by atoms with E-state index in [0.29, 0.717) is 12.8 Å². The van der Waals surface area contributed by atoms with Crippen LogP contribution in [-0.4, -0.2) is 27.9 Å². The number of amides is 1. The van der Waals surface area contributed by atoms with Crippen LogP contribution in [0.4, 0.5) is 4.39 Å². The Hall–Kier alpha value is -2.62. The number of benzene rings is 2. The Morgan fingerprint density at radius 3 is 2.26 bits per heavy atom. The van der Waals surface area contributed by atoms with Gasteiger partial charge in [-0.25, -0.2) is 4.39 Å². The van der Waals surface area contributed by atoms with Gasteiger partial charge < -0.3 is 9.88 Å². The molecule has 3 nitrogen and oxygen atoms in total. The van der Waals surface area contributed by atoms with Crippen molar-refractivity contribution in [2.24, 2.45) is 0 Å². The highest BCUT2D eigenvalue weighted by atomic mass is 19.1. The molecule has 0 fully saturated rings. The van der Waals surface area contributed by atoms with E-state index in [1.54, 1.807) is 12.1 Å². The van der Waals surface area contributed by atoms with Crippen LogP contribution in [0.5, 0.6) is 0 Å². The van der Waals surface area contributed by atoms with Crippen molar-refractivity contribution in [2.75, 3.05) is 0 Å². The van der Waals surface area contributed by atoms with Gasteiger partial charge in [0.05, 0.1) is 0 Å². The SMILES string of the molecule is CC(C)N(C(=O)CCc1c(-c2ccc(F)cc2)[nH]c2ccccc12)C(C)C. The third-order valence-electron chi connectivity index (χ3n) is 4.94. The summed E-state index contributed by atoms with van der Waals surface area (Å²) in [4.78, 5) is 18.2. The Bertz CT molecular complexity index is 917. The van der Waals surface area contributed by atoms with Gasteiger partial charge in [0.15, 0.2) is 0 Å². The molecule has 3 aromatic rings. The predicted octanol–water partition coefficient (Wildman–Crippen LogP) is 5.55. The maximum atomic E-state index is 13.3. The lowest BCUT2D eigenvalue weighted by atomic mass is 10.0. The van der Waals surface area contributed by atoms with Crippen LogP contribution in [-0.2, 0) is 11.2 Å². The quantitative estimate of drug-likeness (QED) is 0.610.